The Morgan fingerprint density at radius 1 is 1.19 bits per heavy atom. The molecule has 0 fully saturated rings. The van der Waals surface area contributed by atoms with E-state index in [0.29, 0.717) is 17.7 Å². The van der Waals surface area contributed by atoms with Crippen LogP contribution in [0.5, 0.6) is 0 Å². The summed E-state index contributed by atoms with van der Waals surface area (Å²) in [6.45, 7) is 11.0. The van der Waals surface area contributed by atoms with Crippen molar-refractivity contribution in [3.05, 3.63) is 32.8 Å². The first-order valence-corrected chi connectivity index (χ1v) is 7.10. The van der Waals surface area contributed by atoms with Crippen LogP contribution >= 0.6 is 27.5 Å². The highest BCUT2D eigenvalue weighted by Crippen LogP contribution is 2.36. The summed E-state index contributed by atoms with van der Waals surface area (Å²) in [6, 6.07) is 2.26. The van der Waals surface area contributed by atoms with E-state index in [1.165, 1.54) is 26.7 Å². The minimum atomic E-state index is 0.500. The van der Waals surface area contributed by atoms with E-state index in [1.54, 1.807) is 0 Å². The Hall–Kier alpha value is -0.0100. The van der Waals surface area contributed by atoms with E-state index in [1.807, 2.05) is 0 Å². The van der Waals surface area contributed by atoms with Crippen molar-refractivity contribution in [2.24, 2.45) is 0 Å². The molecule has 1 aromatic rings. The van der Waals surface area contributed by atoms with Crippen LogP contribution in [0.2, 0.25) is 0 Å². The van der Waals surface area contributed by atoms with E-state index in [0.717, 1.165) is 0 Å². The molecule has 0 saturated heterocycles. The summed E-state index contributed by atoms with van der Waals surface area (Å²) >= 11 is 9.83. The van der Waals surface area contributed by atoms with Gasteiger partial charge in [0.25, 0.3) is 0 Å². The van der Waals surface area contributed by atoms with Gasteiger partial charge in [-0.05, 0) is 41.0 Å². The molecule has 1 aromatic carbocycles. The van der Waals surface area contributed by atoms with E-state index in [2.05, 4.69) is 56.6 Å². The summed E-state index contributed by atoms with van der Waals surface area (Å²) in [5.41, 5.74) is 5.38. The number of benzene rings is 1. The maximum Gasteiger partial charge on any atom is 0.0480 e. The molecule has 0 heterocycles. The Morgan fingerprint density at radius 2 is 1.75 bits per heavy atom. The number of aryl methyl sites for hydroxylation is 1. The molecule has 90 valence electrons. The molecular formula is C14H20BrCl. The Balaban J connectivity index is 3.55. The van der Waals surface area contributed by atoms with Crippen molar-refractivity contribution >= 4 is 27.5 Å². The van der Waals surface area contributed by atoms with Crippen LogP contribution in [0.4, 0.5) is 0 Å². The van der Waals surface area contributed by atoms with E-state index in [-0.39, 0.29) is 0 Å². The Bertz CT molecular complexity index is 381. The number of halogens is 2. The molecular weight excluding hydrogens is 284 g/mol. The van der Waals surface area contributed by atoms with Gasteiger partial charge in [-0.1, -0.05) is 49.7 Å². The zero-order valence-electron chi connectivity index (χ0n) is 10.7. The largest absolute Gasteiger partial charge is 0.122 e. The maximum atomic E-state index is 6.13. The second kappa shape index (κ2) is 5.55. The lowest BCUT2D eigenvalue weighted by Gasteiger charge is -2.21. The van der Waals surface area contributed by atoms with Crippen molar-refractivity contribution in [3.63, 3.8) is 0 Å². The predicted molar refractivity (Wildman–Crippen MR) is 76.6 cm³/mol. The standard InChI is InChI=1S/C14H20BrCl/c1-8(2)11-6-10(5)14(15)13(9(3)4)12(11)7-16/h6,8-9H,7H2,1-5H3. The zero-order chi connectivity index (χ0) is 12.5. The quantitative estimate of drug-likeness (QED) is 0.624. The van der Waals surface area contributed by atoms with Gasteiger partial charge in [-0.2, -0.15) is 0 Å². The topological polar surface area (TPSA) is 0 Å². The lowest BCUT2D eigenvalue weighted by molar-refractivity contribution is 0.806. The number of hydrogen-bond acceptors (Lipinski definition) is 0. The Labute approximate surface area is 113 Å². The van der Waals surface area contributed by atoms with Crippen molar-refractivity contribution in [2.45, 2.75) is 52.3 Å². The van der Waals surface area contributed by atoms with Crippen LogP contribution in [0.1, 0.15) is 61.8 Å². The molecule has 0 spiro atoms. The average molecular weight is 304 g/mol. The van der Waals surface area contributed by atoms with Crippen LogP contribution in [0.3, 0.4) is 0 Å². The first-order valence-electron chi connectivity index (χ1n) is 5.77. The van der Waals surface area contributed by atoms with Gasteiger partial charge >= 0.3 is 0 Å². The fraction of sp³-hybridized carbons (Fsp3) is 0.571. The van der Waals surface area contributed by atoms with Crippen LogP contribution < -0.4 is 0 Å². The Kier molecular flexibility index (Phi) is 4.88. The summed E-state index contributed by atoms with van der Waals surface area (Å²) in [5, 5.41) is 0. The van der Waals surface area contributed by atoms with Crippen LogP contribution in [-0.2, 0) is 5.88 Å². The molecule has 2 heteroatoms. The molecule has 1 rings (SSSR count). The van der Waals surface area contributed by atoms with Crippen LogP contribution in [0.25, 0.3) is 0 Å². The molecule has 0 N–H and O–H groups in total. The van der Waals surface area contributed by atoms with E-state index >= 15 is 0 Å². The summed E-state index contributed by atoms with van der Waals surface area (Å²) in [7, 11) is 0. The minimum Gasteiger partial charge on any atom is -0.122 e. The van der Waals surface area contributed by atoms with Crippen molar-refractivity contribution in [2.75, 3.05) is 0 Å². The number of hydrogen-bond donors (Lipinski definition) is 0. The minimum absolute atomic E-state index is 0.500. The first-order chi connectivity index (χ1) is 7.40. The van der Waals surface area contributed by atoms with Crippen LogP contribution in [-0.4, -0.2) is 0 Å². The molecule has 0 bridgehead atoms. The van der Waals surface area contributed by atoms with Crippen molar-refractivity contribution in [1.82, 2.24) is 0 Å². The predicted octanol–water partition coefficient (Wildman–Crippen LogP) is 5.74. The van der Waals surface area contributed by atoms with Crippen LogP contribution in [0.15, 0.2) is 10.5 Å². The van der Waals surface area contributed by atoms with Gasteiger partial charge in [0.2, 0.25) is 0 Å². The molecule has 0 aliphatic carbocycles. The van der Waals surface area contributed by atoms with Gasteiger partial charge in [-0.15, -0.1) is 11.6 Å². The van der Waals surface area contributed by atoms with Gasteiger partial charge in [-0.25, -0.2) is 0 Å². The third-order valence-corrected chi connectivity index (χ3v) is 4.28. The number of rotatable bonds is 3. The molecule has 0 aliphatic heterocycles. The molecule has 0 aromatic heterocycles. The second-order valence-corrected chi connectivity index (χ2v) is 5.99. The highest BCUT2D eigenvalue weighted by atomic mass is 79.9. The lowest BCUT2D eigenvalue weighted by Crippen LogP contribution is -2.04. The summed E-state index contributed by atoms with van der Waals surface area (Å²) in [5.74, 6) is 1.62. The van der Waals surface area contributed by atoms with E-state index < -0.39 is 0 Å². The summed E-state index contributed by atoms with van der Waals surface area (Å²) < 4.78 is 1.22. The highest BCUT2D eigenvalue weighted by Gasteiger charge is 2.17. The highest BCUT2D eigenvalue weighted by molar-refractivity contribution is 9.10. The molecule has 0 saturated carbocycles. The number of alkyl halides is 1. The zero-order valence-corrected chi connectivity index (χ0v) is 13.0. The fourth-order valence-corrected chi connectivity index (χ4v) is 3.26. The monoisotopic (exact) mass is 302 g/mol. The maximum absolute atomic E-state index is 6.13. The van der Waals surface area contributed by atoms with Gasteiger partial charge in [0.15, 0.2) is 0 Å². The van der Waals surface area contributed by atoms with Gasteiger partial charge < -0.3 is 0 Å². The van der Waals surface area contributed by atoms with Gasteiger partial charge in [0, 0.05) is 10.4 Å². The average Bonchev–Trinajstić information content (AvgIpc) is 2.20. The van der Waals surface area contributed by atoms with Crippen molar-refractivity contribution in [3.8, 4) is 0 Å². The normalized spacial score (nSPS) is 11.6. The van der Waals surface area contributed by atoms with Gasteiger partial charge in [0.1, 0.15) is 0 Å². The molecule has 0 atom stereocenters. The fourth-order valence-electron chi connectivity index (χ4n) is 2.15. The van der Waals surface area contributed by atoms with Gasteiger partial charge in [0.05, 0.1) is 0 Å². The lowest BCUT2D eigenvalue weighted by atomic mass is 9.88. The van der Waals surface area contributed by atoms with Crippen molar-refractivity contribution in [1.29, 1.82) is 0 Å². The molecule has 0 unspecified atom stereocenters. The molecule has 16 heavy (non-hydrogen) atoms. The molecule has 0 radical (unpaired) electrons. The van der Waals surface area contributed by atoms with Crippen LogP contribution in [0, 0.1) is 6.92 Å². The Morgan fingerprint density at radius 3 is 2.12 bits per heavy atom. The second-order valence-electron chi connectivity index (χ2n) is 4.93. The molecule has 0 aliphatic rings. The third-order valence-electron chi connectivity index (χ3n) is 2.96. The smallest absolute Gasteiger partial charge is 0.0480 e. The van der Waals surface area contributed by atoms with Crippen molar-refractivity contribution < 1.29 is 0 Å². The third kappa shape index (κ3) is 2.62. The first kappa shape index (κ1) is 14.1. The molecule has 0 nitrogen and oxygen atoms in total. The SMILES string of the molecule is Cc1cc(C(C)C)c(CCl)c(C(C)C)c1Br. The summed E-state index contributed by atoms with van der Waals surface area (Å²) in [6.07, 6.45) is 0. The molecule has 0 amide bonds. The summed E-state index contributed by atoms with van der Waals surface area (Å²) in [4.78, 5) is 0. The van der Waals surface area contributed by atoms with E-state index in [9.17, 15) is 0 Å². The van der Waals surface area contributed by atoms with Gasteiger partial charge in [-0.3, -0.25) is 0 Å². The van der Waals surface area contributed by atoms with E-state index in [4.69, 9.17) is 11.6 Å².